The van der Waals surface area contributed by atoms with Crippen LogP contribution in [0.1, 0.15) is 38.7 Å². The molecule has 0 radical (unpaired) electrons. The van der Waals surface area contributed by atoms with Gasteiger partial charge in [-0.1, -0.05) is 25.4 Å². The number of nitrogens with zero attached hydrogens (tertiary/aromatic N) is 5. The third-order valence-electron chi connectivity index (χ3n) is 6.32. The van der Waals surface area contributed by atoms with Gasteiger partial charge in [0.25, 0.3) is 0 Å². The minimum atomic E-state index is -0.446. The highest BCUT2D eigenvalue weighted by Crippen LogP contribution is 2.28. The molecule has 0 spiro atoms. The molecular formula is C21H28ClN7O2. The smallest absolute Gasteiger partial charge is 0.243 e. The zero-order valence-electron chi connectivity index (χ0n) is 17.8. The highest BCUT2D eigenvalue weighted by molar-refractivity contribution is 6.30. The summed E-state index contributed by atoms with van der Waals surface area (Å²) in [5.41, 5.74) is 1.53. The number of carbonyl (C=O) groups is 2. The average molecular weight is 446 g/mol. The van der Waals surface area contributed by atoms with Gasteiger partial charge in [-0.15, -0.1) is 5.10 Å². The molecule has 0 aliphatic carbocycles. The van der Waals surface area contributed by atoms with Crippen LogP contribution in [0, 0.1) is 11.8 Å². The first-order valence-corrected chi connectivity index (χ1v) is 11.2. The lowest BCUT2D eigenvalue weighted by Crippen LogP contribution is -2.52. The maximum Gasteiger partial charge on any atom is 0.243 e. The van der Waals surface area contributed by atoms with Crippen LogP contribution in [0.25, 0.3) is 5.69 Å². The van der Waals surface area contributed by atoms with E-state index in [1.165, 1.54) is 11.0 Å². The van der Waals surface area contributed by atoms with E-state index in [1.807, 2.05) is 6.07 Å². The van der Waals surface area contributed by atoms with Gasteiger partial charge in [0.1, 0.15) is 12.4 Å². The lowest BCUT2D eigenvalue weighted by atomic mass is 9.88. The normalized spacial score (nSPS) is 23.5. The molecule has 2 aliphatic heterocycles. The molecule has 2 N–H and O–H groups in total. The van der Waals surface area contributed by atoms with Crippen LogP contribution in [0.5, 0.6) is 0 Å². The molecule has 9 nitrogen and oxygen atoms in total. The first kappa shape index (κ1) is 21.7. The Morgan fingerprint density at radius 3 is 2.90 bits per heavy atom. The first-order valence-electron chi connectivity index (χ1n) is 10.8. The summed E-state index contributed by atoms with van der Waals surface area (Å²) in [4.78, 5) is 28.0. The third kappa shape index (κ3) is 4.57. The minimum absolute atomic E-state index is 0.0472. The number of carbonyl (C=O) groups excluding carboxylic acids is 2. The fourth-order valence-corrected chi connectivity index (χ4v) is 4.88. The number of nitrogens with one attached hydrogen (secondary N) is 2. The number of halogens is 1. The maximum absolute atomic E-state index is 13.2. The van der Waals surface area contributed by atoms with E-state index < -0.39 is 6.04 Å². The molecule has 31 heavy (non-hydrogen) atoms. The molecule has 3 heterocycles. The average Bonchev–Trinajstić information content (AvgIpc) is 3.52. The van der Waals surface area contributed by atoms with E-state index in [-0.39, 0.29) is 24.4 Å². The van der Waals surface area contributed by atoms with E-state index in [4.69, 9.17) is 11.6 Å². The van der Waals surface area contributed by atoms with Crippen LogP contribution in [0.3, 0.4) is 0 Å². The zero-order chi connectivity index (χ0) is 22.0. The molecular weight excluding hydrogens is 418 g/mol. The highest BCUT2D eigenvalue weighted by Gasteiger charge is 2.42. The molecule has 4 rings (SSSR count). The standard InChI is InChI=1S/C21H28ClN7O2/c1-13(2)16-7-8-23-19(16)21(31)28-9-3-4-18(28)20(30)24-11-14-10-15(22)5-6-17(14)29-12-25-26-27-29/h5-6,10,12-13,16,18-19,23H,3-4,7-9,11H2,1-2H3,(H,24,30). The molecule has 3 atom stereocenters. The minimum Gasteiger partial charge on any atom is -0.350 e. The van der Waals surface area contributed by atoms with Crippen molar-refractivity contribution in [3.8, 4) is 5.69 Å². The number of tetrazole rings is 1. The van der Waals surface area contributed by atoms with Crippen LogP contribution in [-0.2, 0) is 16.1 Å². The number of benzene rings is 1. The second-order valence-corrected chi connectivity index (χ2v) is 9.00. The Kier molecular flexibility index (Phi) is 6.52. The number of hydrogen-bond acceptors (Lipinski definition) is 6. The van der Waals surface area contributed by atoms with Crippen molar-refractivity contribution in [3.05, 3.63) is 35.1 Å². The van der Waals surface area contributed by atoms with Gasteiger partial charge in [0, 0.05) is 18.1 Å². The summed E-state index contributed by atoms with van der Waals surface area (Å²) in [5.74, 6) is 0.632. The van der Waals surface area contributed by atoms with Crippen molar-refractivity contribution in [2.45, 2.75) is 51.7 Å². The van der Waals surface area contributed by atoms with Crippen molar-refractivity contribution in [3.63, 3.8) is 0 Å². The first-order chi connectivity index (χ1) is 15.0. The van der Waals surface area contributed by atoms with Crippen molar-refractivity contribution >= 4 is 23.4 Å². The van der Waals surface area contributed by atoms with Gasteiger partial charge in [-0.05, 0) is 71.8 Å². The van der Waals surface area contributed by atoms with Crippen LogP contribution in [0.15, 0.2) is 24.5 Å². The Morgan fingerprint density at radius 2 is 2.16 bits per heavy atom. The van der Waals surface area contributed by atoms with Gasteiger partial charge >= 0.3 is 0 Å². The predicted molar refractivity (Wildman–Crippen MR) is 115 cm³/mol. The fraction of sp³-hybridized carbons (Fsp3) is 0.571. The van der Waals surface area contributed by atoms with Crippen LogP contribution < -0.4 is 10.6 Å². The Bertz CT molecular complexity index is 934. The monoisotopic (exact) mass is 445 g/mol. The summed E-state index contributed by atoms with van der Waals surface area (Å²) >= 11 is 6.16. The highest BCUT2D eigenvalue weighted by atomic mass is 35.5. The second-order valence-electron chi connectivity index (χ2n) is 8.56. The molecule has 0 saturated carbocycles. The van der Waals surface area contributed by atoms with Gasteiger partial charge < -0.3 is 15.5 Å². The van der Waals surface area contributed by atoms with Gasteiger partial charge in [0.15, 0.2) is 0 Å². The molecule has 1 aromatic carbocycles. The maximum atomic E-state index is 13.2. The summed E-state index contributed by atoms with van der Waals surface area (Å²) in [6.45, 7) is 6.04. The molecule has 2 fully saturated rings. The van der Waals surface area contributed by atoms with E-state index in [1.54, 1.807) is 17.0 Å². The molecule has 1 aromatic heterocycles. The van der Waals surface area contributed by atoms with E-state index >= 15 is 0 Å². The Labute approximate surface area is 186 Å². The van der Waals surface area contributed by atoms with Crippen molar-refractivity contribution in [1.82, 2.24) is 35.7 Å². The number of likely N-dealkylation sites (tertiary alicyclic amines) is 1. The van der Waals surface area contributed by atoms with Gasteiger partial charge in [-0.3, -0.25) is 9.59 Å². The van der Waals surface area contributed by atoms with Crippen LogP contribution in [0.4, 0.5) is 0 Å². The summed E-state index contributed by atoms with van der Waals surface area (Å²) in [6.07, 6.45) is 3.99. The lowest BCUT2D eigenvalue weighted by Gasteiger charge is -2.30. The Morgan fingerprint density at radius 1 is 1.32 bits per heavy atom. The Hall–Kier alpha value is -2.52. The zero-order valence-corrected chi connectivity index (χ0v) is 18.5. The molecule has 3 unspecified atom stereocenters. The lowest BCUT2D eigenvalue weighted by molar-refractivity contribution is -0.140. The number of aromatic nitrogens is 4. The van der Waals surface area contributed by atoms with Crippen molar-refractivity contribution in [2.24, 2.45) is 11.8 Å². The number of amides is 2. The molecule has 2 amide bonds. The summed E-state index contributed by atoms with van der Waals surface area (Å²) in [6, 6.07) is 4.70. The second kappa shape index (κ2) is 9.32. The molecule has 166 valence electrons. The largest absolute Gasteiger partial charge is 0.350 e. The molecule has 2 aromatic rings. The van der Waals surface area contributed by atoms with Gasteiger partial charge in [0.2, 0.25) is 11.8 Å². The topological polar surface area (TPSA) is 105 Å². The third-order valence-corrected chi connectivity index (χ3v) is 6.56. The van der Waals surface area contributed by atoms with E-state index in [0.29, 0.717) is 29.8 Å². The van der Waals surface area contributed by atoms with Crippen LogP contribution >= 0.6 is 11.6 Å². The molecule has 10 heteroatoms. The fourth-order valence-electron chi connectivity index (χ4n) is 4.68. The van der Waals surface area contributed by atoms with E-state index in [0.717, 1.165) is 30.6 Å². The van der Waals surface area contributed by atoms with E-state index in [9.17, 15) is 9.59 Å². The van der Waals surface area contributed by atoms with Gasteiger partial charge in [0.05, 0.1) is 11.7 Å². The number of rotatable bonds is 6. The van der Waals surface area contributed by atoms with E-state index in [2.05, 4.69) is 40.0 Å². The van der Waals surface area contributed by atoms with Crippen molar-refractivity contribution in [2.75, 3.05) is 13.1 Å². The SMILES string of the molecule is CC(C)C1CCNC1C(=O)N1CCCC1C(=O)NCc1cc(Cl)ccc1-n1cnnn1. The summed E-state index contributed by atoms with van der Waals surface area (Å²) in [5, 5.41) is 18.2. The summed E-state index contributed by atoms with van der Waals surface area (Å²) in [7, 11) is 0. The molecule has 2 aliphatic rings. The predicted octanol–water partition coefficient (Wildman–Crippen LogP) is 1.56. The number of hydrogen-bond donors (Lipinski definition) is 2. The Balaban J connectivity index is 1.44. The molecule has 2 saturated heterocycles. The molecule has 0 bridgehead atoms. The van der Waals surface area contributed by atoms with Gasteiger partial charge in [-0.2, -0.15) is 0 Å². The van der Waals surface area contributed by atoms with Crippen molar-refractivity contribution < 1.29 is 9.59 Å². The van der Waals surface area contributed by atoms with Gasteiger partial charge in [-0.25, -0.2) is 4.68 Å². The van der Waals surface area contributed by atoms with Crippen LogP contribution in [-0.4, -0.2) is 62.1 Å². The summed E-state index contributed by atoms with van der Waals surface area (Å²) < 4.78 is 1.53. The quantitative estimate of drug-likeness (QED) is 0.699. The van der Waals surface area contributed by atoms with Crippen LogP contribution in [0.2, 0.25) is 5.02 Å². The van der Waals surface area contributed by atoms with Crippen molar-refractivity contribution in [1.29, 1.82) is 0 Å².